The summed E-state index contributed by atoms with van der Waals surface area (Å²) in [5.41, 5.74) is 4.91. The van der Waals surface area contributed by atoms with Gasteiger partial charge in [-0.05, 0) is 56.4 Å². The summed E-state index contributed by atoms with van der Waals surface area (Å²) in [6, 6.07) is 22.5. The average molecular weight is 526 g/mol. The molecule has 0 aliphatic carbocycles. The van der Waals surface area contributed by atoms with Crippen LogP contribution in [0.5, 0.6) is 5.88 Å². The fraction of sp³-hybridized carbons (Fsp3) is 0.258. The van der Waals surface area contributed by atoms with Gasteiger partial charge in [0, 0.05) is 43.7 Å². The highest BCUT2D eigenvalue weighted by Crippen LogP contribution is 2.35. The number of rotatable bonds is 8. The van der Waals surface area contributed by atoms with Crippen molar-refractivity contribution in [3.63, 3.8) is 0 Å². The molecule has 0 spiro atoms. The summed E-state index contributed by atoms with van der Waals surface area (Å²) in [4.78, 5) is 33.9. The molecule has 2 N–H and O–H groups in total. The maximum absolute atomic E-state index is 12.8. The number of fused-ring (bicyclic) bond motifs is 1. The van der Waals surface area contributed by atoms with E-state index < -0.39 is 6.03 Å². The summed E-state index contributed by atoms with van der Waals surface area (Å²) in [5.74, 6) is -0.209. The minimum Gasteiger partial charge on any atom is -0.494 e. The number of carbonyl (C=O) groups excluding carboxylic acids is 2. The van der Waals surface area contributed by atoms with Crippen molar-refractivity contribution < 1.29 is 14.7 Å². The molecule has 4 rings (SSSR count). The van der Waals surface area contributed by atoms with Crippen molar-refractivity contribution in [1.29, 1.82) is 0 Å². The summed E-state index contributed by atoms with van der Waals surface area (Å²) in [5, 5.41) is 14.8. The third-order valence-electron chi connectivity index (χ3n) is 6.67. The number of nitrogens with one attached hydrogen (secondary N) is 1. The number of aryl methyl sites for hydroxylation is 1. The van der Waals surface area contributed by atoms with Crippen LogP contribution in [0.25, 0.3) is 10.9 Å². The summed E-state index contributed by atoms with van der Waals surface area (Å²) < 4.78 is 1.29. The summed E-state index contributed by atoms with van der Waals surface area (Å²) >= 11 is 0. The van der Waals surface area contributed by atoms with Crippen LogP contribution >= 0.6 is 0 Å². The molecule has 0 radical (unpaired) electrons. The average Bonchev–Trinajstić information content (AvgIpc) is 3.22. The number of aromatic hydroxyl groups is 1. The molecule has 8 nitrogen and oxygen atoms in total. The van der Waals surface area contributed by atoms with Gasteiger partial charge in [-0.3, -0.25) is 4.79 Å². The lowest BCUT2D eigenvalue weighted by Gasteiger charge is -2.23. The van der Waals surface area contributed by atoms with Crippen molar-refractivity contribution in [3.05, 3.63) is 89.5 Å². The third kappa shape index (κ3) is 5.86. The SMILES string of the molecule is CCc1ccc2c(C(=Nc3ccc(N(CCN(C)C)C(C)=O)cc3)c3ccccc3)c(O)n(C(=O)NC)c2c1. The second kappa shape index (κ2) is 12.0. The van der Waals surface area contributed by atoms with E-state index >= 15 is 0 Å². The highest BCUT2D eigenvalue weighted by Gasteiger charge is 2.25. The van der Waals surface area contributed by atoms with Crippen LogP contribution in [0.4, 0.5) is 16.2 Å². The van der Waals surface area contributed by atoms with Gasteiger partial charge in [0.25, 0.3) is 0 Å². The summed E-state index contributed by atoms with van der Waals surface area (Å²) in [7, 11) is 5.48. The van der Waals surface area contributed by atoms with Crippen molar-refractivity contribution in [3.8, 4) is 5.88 Å². The van der Waals surface area contributed by atoms with E-state index in [-0.39, 0.29) is 11.8 Å². The Kier molecular flexibility index (Phi) is 8.46. The lowest BCUT2D eigenvalue weighted by Crippen LogP contribution is -2.35. The fourth-order valence-electron chi connectivity index (χ4n) is 4.56. The van der Waals surface area contributed by atoms with E-state index in [1.807, 2.05) is 98.7 Å². The van der Waals surface area contributed by atoms with Gasteiger partial charge in [0.2, 0.25) is 11.8 Å². The molecule has 2 amide bonds. The van der Waals surface area contributed by atoms with Crippen LogP contribution in [0.1, 0.15) is 30.5 Å². The van der Waals surface area contributed by atoms with Crippen molar-refractivity contribution in [1.82, 2.24) is 14.8 Å². The van der Waals surface area contributed by atoms with Crippen molar-refractivity contribution in [2.75, 3.05) is 39.1 Å². The van der Waals surface area contributed by atoms with Gasteiger partial charge < -0.3 is 20.2 Å². The molecule has 0 saturated carbocycles. The molecule has 0 aliphatic heterocycles. The van der Waals surface area contributed by atoms with E-state index in [0.29, 0.717) is 29.0 Å². The number of benzene rings is 3. The van der Waals surface area contributed by atoms with Gasteiger partial charge in [-0.2, -0.15) is 0 Å². The molecule has 202 valence electrons. The lowest BCUT2D eigenvalue weighted by atomic mass is 10.00. The second-order valence-electron chi connectivity index (χ2n) is 9.61. The smallest absolute Gasteiger partial charge is 0.328 e. The number of likely N-dealkylation sites (N-methyl/N-ethyl adjacent to an activating group) is 1. The van der Waals surface area contributed by atoms with Gasteiger partial charge >= 0.3 is 6.03 Å². The Morgan fingerprint density at radius 3 is 2.26 bits per heavy atom. The van der Waals surface area contributed by atoms with Gasteiger partial charge in [0.15, 0.2) is 0 Å². The Morgan fingerprint density at radius 1 is 0.974 bits per heavy atom. The molecule has 0 aliphatic rings. The Hall–Kier alpha value is -4.43. The zero-order chi connectivity index (χ0) is 28.1. The fourth-order valence-corrected chi connectivity index (χ4v) is 4.56. The number of carbonyl (C=O) groups is 2. The molecule has 0 bridgehead atoms. The number of amides is 2. The minimum atomic E-state index is -0.434. The highest BCUT2D eigenvalue weighted by molar-refractivity contribution is 6.23. The minimum absolute atomic E-state index is 0.0311. The van der Waals surface area contributed by atoms with Crippen molar-refractivity contribution in [2.45, 2.75) is 20.3 Å². The van der Waals surface area contributed by atoms with Crippen LogP contribution in [-0.4, -0.2) is 66.5 Å². The van der Waals surface area contributed by atoms with Crippen LogP contribution in [0.3, 0.4) is 0 Å². The number of aromatic nitrogens is 1. The van der Waals surface area contributed by atoms with Crippen LogP contribution in [0, 0.1) is 0 Å². The number of hydrogen-bond acceptors (Lipinski definition) is 5. The van der Waals surface area contributed by atoms with Crippen molar-refractivity contribution >= 4 is 39.9 Å². The van der Waals surface area contributed by atoms with E-state index in [2.05, 4.69) is 5.32 Å². The largest absolute Gasteiger partial charge is 0.494 e. The predicted molar refractivity (Wildman–Crippen MR) is 158 cm³/mol. The lowest BCUT2D eigenvalue weighted by molar-refractivity contribution is -0.116. The van der Waals surface area contributed by atoms with Gasteiger partial charge in [0.1, 0.15) is 0 Å². The van der Waals surface area contributed by atoms with Gasteiger partial charge in [-0.25, -0.2) is 14.4 Å². The Bertz CT molecular complexity index is 1510. The molecule has 8 heteroatoms. The predicted octanol–water partition coefficient (Wildman–Crippen LogP) is 5.18. The normalized spacial score (nSPS) is 11.7. The zero-order valence-electron chi connectivity index (χ0n) is 23.1. The number of aliphatic imine (C=N–C) groups is 1. The second-order valence-corrected chi connectivity index (χ2v) is 9.61. The molecule has 0 saturated heterocycles. The maximum Gasteiger partial charge on any atom is 0.328 e. The molecular weight excluding hydrogens is 490 g/mol. The molecule has 1 heterocycles. The zero-order valence-corrected chi connectivity index (χ0v) is 23.1. The van der Waals surface area contributed by atoms with Crippen molar-refractivity contribution in [2.24, 2.45) is 4.99 Å². The van der Waals surface area contributed by atoms with E-state index in [4.69, 9.17) is 4.99 Å². The Labute approximate surface area is 229 Å². The van der Waals surface area contributed by atoms with E-state index in [1.54, 1.807) is 11.8 Å². The quantitative estimate of drug-likeness (QED) is 0.310. The van der Waals surface area contributed by atoms with E-state index in [1.165, 1.54) is 11.6 Å². The summed E-state index contributed by atoms with van der Waals surface area (Å²) in [6.07, 6.45) is 0.794. The molecule has 4 aromatic rings. The number of anilines is 1. The number of nitrogens with zero attached hydrogens (tertiary/aromatic N) is 4. The highest BCUT2D eigenvalue weighted by atomic mass is 16.3. The first kappa shape index (κ1) is 27.6. The molecule has 3 aromatic carbocycles. The van der Waals surface area contributed by atoms with E-state index in [9.17, 15) is 14.7 Å². The van der Waals surface area contributed by atoms with Gasteiger partial charge in [-0.15, -0.1) is 0 Å². The third-order valence-corrected chi connectivity index (χ3v) is 6.67. The van der Waals surface area contributed by atoms with Crippen LogP contribution in [0.15, 0.2) is 77.8 Å². The first-order valence-electron chi connectivity index (χ1n) is 13.0. The Balaban J connectivity index is 1.88. The monoisotopic (exact) mass is 525 g/mol. The first-order valence-corrected chi connectivity index (χ1v) is 13.0. The topological polar surface area (TPSA) is 90.2 Å². The molecule has 39 heavy (non-hydrogen) atoms. The molecule has 0 atom stereocenters. The molecular formula is C31H35N5O3. The Morgan fingerprint density at radius 2 is 1.67 bits per heavy atom. The summed E-state index contributed by atoms with van der Waals surface area (Å²) in [6.45, 7) is 4.92. The van der Waals surface area contributed by atoms with Gasteiger partial charge in [0.05, 0.1) is 22.5 Å². The molecule has 0 fully saturated rings. The molecule has 1 aromatic heterocycles. The first-order chi connectivity index (χ1) is 18.7. The van der Waals surface area contributed by atoms with E-state index in [0.717, 1.165) is 35.2 Å². The van der Waals surface area contributed by atoms with Crippen LogP contribution in [0.2, 0.25) is 0 Å². The number of hydrogen-bond donors (Lipinski definition) is 2. The maximum atomic E-state index is 12.8. The standard InChI is InChI=1S/C31H35N5O3/c1-6-22-12-17-26-27(20-22)36(31(39)32-3)30(38)28(26)29(23-10-8-7-9-11-23)33-24-13-15-25(16-14-24)35(21(2)37)19-18-34(4)5/h7-17,20,38H,6,18-19H2,1-5H3,(H,32,39). The van der Waals surface area contributed by atoms with Crippen LogP contribution in [-0.2, 0) is 11.2 Å². The molecule has 0 unspecified atom stereocenters. The van der Waals surface area contributed by atoms with Crippen LogP contribution < -0.4 is 10.2 Å². The van der Waals surface area contributed by atoms with Gasteiger partial charge in [-0.1, -0.05) is 49.4 Å².